The van der Waals surface area contributed by atoms with Gasteiger partial charge in [0.15, 0.2) is 11.5 Å². The van der Waals surface area contributed by atoms with Crippen molar-refractivity contribution in [3.8, 4) is 17.2 Å². The average molecular weight is 409 g/mol. The Labute approximate surface area is 172 Å². The molecule has 0 radical (unpaired) electrons. The number of ether oxygens (including phenoxy) is 3. The first-order chi connectivity index (χ1) is 14.2. The standard InChI is InChI=1S/C22H17ClN2O4/c23-18-6-1-16(2-7-18)13-27-19-8-3-15(4-9-19)12-24-25-22(26)17-5-10-20-21(11-17)29-14-28-20/h1-12H,13-14H2,(H,25,26)/b24-12+. The Morgan fingerprint density at radius 1 is 1.03 bits per heavy atom. The van der Waals surface area contributed by atoms with Crippen molar-refractivity contribution >= 4 is 23.7 Å². The summed E-state index contributed by atoms with van der Waals surface area (Å²) in [6, 6.07) is 19.9. The smallest absolute Gasteiger partial charge is 0.271 e. The van der Waals surface area contributed by atoms with E-state index in [1.54, 1.807) is 24.4 Å². The highest BCUT2D eigenvalue weighted by molar-refractivity contribution is 6.30. The lowest BCUT2D eigenvalue weighted by Gasteiger charge is -2.06. The second kappa shape index (κ2) is 8.67. The summed E-state index contributed by atoms with van der Waals surface area (Å²) in [5.74, 6) is 1.59. The molecule has 146 valence electrons. The van der Waals surface area contributed by atoms with Crippen molar-refractivity contribution in [2.45, 2.75) is 6.61 Å². The van der Waals surface area contributed by atoms with Gasteiger partial charge in [-0.05, 0) is 65.7 Å². The van der Waals surface area contributed by atoms with Crippen LogP contribution < -0.4 is 19.6 Å². The summed E-state index contributed by atoms with van der Waals surface area (Å²) in [5.41, 5.74) is 4.80. The highest BCUT2D eigenvalue weighted by Crippen LogP contribution is 2.32. The summed E-state index contributed by atoms with van der Waals surface area (Å²) in [7, 11) is 0. The number of amides is 1. The van der Waals surface area contributed by atoms with Crippen LogP contribution in [-0.2, 0) is 6.61 Å². The lowest BCUT2D eigenvalue weighted by molar-refractivity contribution is 0.0954. The van der Waals surface area contributed by atoms with Gasteiger partial charge in [-0.3, -0.25) is 4.79 Å². The van der Waals surface area contributed by atoms with E-state index in [1.165, 1.54) is 0 Å². The molecule has 7 heteroatoms. The number of benzene rings is 3. The average Bonchev–Trinajstić information content (AvgIpc) is 3.22. The Balaban J connectivity index is 1.29. The van der Waals surface area contributed by atoms with Crippen LogP contribution in [0.25, 0.3) is 0 Å². The van der Waals surface area contributed by atoms with Crippen LogP contribution in [0.5, 0.6) is 17.2 Å². The minimum atomic E-state index is -0.331. The molecule has 1 amide bonds. The van der Waals surface area contributed by atoms with Crippen LogP contribution in [-0.4, -0.2) is 18.9 Å². The van der Waals surface area contributed by atoms with Gasteiger partial charge < -0.3 is 14.2 Å². The summed E-state index contributed by atoms with van der Waals surface area (Å²) >= 11 is 5.87. The maximum Gasteiger partial charge on any atom is 0.271 e. The number of halogens is 1. The van der Waals surface area contributed by atoms with E-state index in [-0.39, 0.29) is 12.7 Å². The van der Waals surface area contributed by atoms with E-state index in [9.17, 15) is 4.79 Å². The molecule has 0 bridgehead atoms. The van der Waals surface area contributed by atoms with Gasteiger partial charge in [0.2, 0.25) is 6.79 Å². The Hall–Kier alpha value is -3.51. The Kier molecular flexibility index (Phi) is 5.63. The van der Waals surface area contributed by atoms with Gasteiger partial charge in [0.25, 0.3) is 5.91 Å². The van der Waals surface area contributed by atoms with E-state index < -0.39 is 0 Å². The molecule has 0 atom stereocenters. The molecule has 1 aliphatic rings. The fourth-order valence-corrected chi connectivity index (χ4v) is 2.79. The summed E-state index contributed by atoms with van der Waals surface area (Å²) in [4.78, 5) is 12.2. The first-order valence-electron chi connectivity index (χ1n) is 8.88. The van der Waals surface area contributed by atoms with Crippen molar-refractivity contribution in [1.29, 1.82) is 0 Å². The molecule has 0 spiro atoms. The number of rotatable bonds is 6. The quantitative estimate of drug-likeness (QED) is 0.484. The van der Waals surface area contributed by atoms with Crippen LogP contribution in [0.4, 0.5) is 0 Å². The number of carbonyl (C=O) groups excluding carboxylic acids is 1. The zero-order chi connectivity index (χ0) is 20.1. The minimum Gasteiger partial charge on any atom is -0.489 e. The molecule has 0 aromatic heterocycles. The van der Waals surface area contributed by atoms with E-state index in [2.05, 4.69) is 10.5 Å². The molecular formula is C22H17ClN2O4. The highest BCUT2D eigenvalue weighted by atomic mass is 35.5. The molecule has 0 aliphatic carbocycles. The van der Waals surface area contributed by atoms with Crippen LogP contribution in [0.2, 0.25) is 5.02 Å². The Morgan fingerprint density at radius 2 is 1.79 bits per heavy atom. The normalized spacial score (nSPS) is 12.2. The SMILES string of the molecule is O=C(N/N=C/c1ccc(OCc2ccc(Cl)cc2)cc1)c1ccc2c(c1)OCO2. The van der Waals surface area contributed by atoms with E-state index in [0.717, 1.165) is 16.9 Å². The van der Waals surface area contributed by atoms with E-state index in [4.69, 9.17) is 25.8 Å². The largest absolute Gasteiger partial charge is 0.489 e. The number of nitrogens with one attached hydrogen (secondary N) is 1. The van der Waals surface area contributed by atoms with Crippen molar-refractivity contribution in [1.82, 2.24) is 5.43 Å². The van der Waals surface area contributed by atoms with Crippen LogP contribution in [0.3, 0.4) is 0 Å². The Morgan fingerprint density at radius 3 is 2.59 bits per heavy atom. The van der Waals surface area contributed by atoms with Crippen molar-refractivity contribution in [2.75, 3.05) is 6.79 Å². The van der Waals surface area contributed by atoms with Crippen molar-refractivity contribution in [3.63, 3.8) is 0 Å². The summed E-state index contributed by atoms with van der Waals surface area (Å²) in [6.07, 6.45) is 1.56. The number of hydrogen-bond acceptors (Lipinski definition) is 5. The molecule has 29 heavy (non-hydrogen) atoms. The maximum atomic E-state index is 12.2. The molecule has 1 heterocycles. The third kappa shape index (κ3) is 4.86. The van der Waals surface area contributed by atoms with Crippen LogP contribution in [0.1, 0.15) is 21.5 Å². The topological polar surface area (TPSA) is 69.2 Å². The molecule has 0 saturated carbocycles. The second-order valence-electron chi connectivity index (χ2n) is 6.25. The molecule has 1 aliphatic heterocycles. The fraction of sp³-hybridized carbons (Fsp3) is 0.0909. The van der Waals surface area contributed by atoms with Crippen LogP contribution in [0, 0.1) is 0 Å². The monoisotopic (exact) mass is 408 g/mol. The molecule has 3 aromatic carbocycles. The number of carbonyl (C=O) groups is 1. The van der Waals surface area contributed by atoms with Crippen molar-refractivity contribution in [2.24, 2.45) is 5.10 Å². The fourth-order valence-electron chi connectivity index (χ4n) is 2.67. The first-order valence-corrected chi connectivity index (χ1v) is 9.25. The lowest BCUT2D eigenvalue weighted by Crippen LogP contribution is -2.17. The summed E-state index contributed by atoms with van der Waals surface area (Å²) in [5, 5.41) is 4.69. The number of hydrazone groups is 1. The van der Waals surface area contributed by atoms with Gasteiger partial charge in [-0.25, -0.2) is 5.43 Å². The summed E-state index contributed by atoms with van der Waals surface area (Å²) in [6.45, 7) is 0.619. The van der Waals surface area contributed by atoms with Gasteiger partial charge in [-0.15, -0.1) is 0 Å². The molecule has 1 N–H and O–H groups in total. The van der Waals surface area contributed by atoms with Gasteiger partial charge in [0, 0.05) is 10.6 Å². The molecule has 0 unspecified atom stereocenters. The maximum absolute atomic E-state index is 12.2. The molecule has 6 nitrogen and oxygen atoms in total. The zero-order valence-corrected chi connectivity index (χ0v) is 16.1. The summed E-state index contributed by atoms with van der Waals surface area (Å²) < 4.78 is 16.2. The van der Waals surface area contributed by atoms with Crippen molar-refractivity contribution in [3.05, 3.63) is 88.4 Å². The van der Waals surface area contributed by atoms with E-state index >= 15 is 0 Å². The molecule has 0 fully saturated rings. The van der Waals surface area contributed by atoms with Gasteiger partial charge >= 0.3 is 0 Å². The van der Waals surface area contributed by atoms with E-state index in [1.807, 2.05) is 48.5 Å². The van der Waals surface area contributed by atoms with Gasteiger partial charge in [0.1, 0.15) is 12.4 Å². The number of nitrogens with zero attached hydrogens (tertiary/aromatic N) is 1. The lowest BCUT2D eigenvalue weighted by atomic mass is 10.2. The van der Waals surface area contributed by atoms with Crippen LogP contribution >= 0.6 is 11.6 Å². The molecule has 4 rings (SSSR count). The molecule has 3 aromatic rings. The second-order valence-corrected chi connectivity index (χ2v) is 6.69. The highest BCUT2D eigenvalue weighted by Gasteiger charge is 2.15. The predicted molar refractivity (Wildman–Crippen MR) is 110 cm³/mol. The number of fused-ring (bicyclic) bond motifs is 1. The zero-order valence-electron chi connectivity index (χ0n) is 15.3. The van der Waals surface area contributed by atoms with Crippen molar-refractivity contribution < 1.29 is 19.0 Å². The first kappa shape index (κ1) is 18.8. The van der Waals surface area contributed by atoms with Crippen LogP contribution in [0.15, 0.2) is 71.8 Å². The van der Waals surface area contributed by atoms with Gasteiger partial charge in [-0.2, -0.15) is 5.10 Å². The van der Waals surface area contributed by atoms with Gasteiger partial charge in [0.05, 0.1) is 6.21 Å². The Bertz CT molecular complexity index is 1030. The number of hydrogen-bond donors (Lipinski definition) is 1. The molecule has 0 saturated heterocycles. The van der Waals surface area contributed by atoms with Gasteiger partial charge in [-0.1, -0.05) is 23.7 Å². The third-order valence-electron chi connectivity index (χ3n) is 4.21. The van der Waals surface area contributed by atoms with E-state index in [0.29, 0.717) is 28.7 Å². The third-order valence-corrected chi connectivity index (χ3v) is 4.47. The molecular weight excluding hydrogens is 392 g/mol. The minimum absolute atomic E-state index is 0.165. The predicted octanol–water partition coefficient (Wildman–Crippen LogP) is 4.41.